The predicted octanol–water partition coefficient (Wildman–Crippen LogP) is 13.6. The van der Waals surface area contributed by atoms with Gasteiger partial charge in [-0.15, -0.1) is 0 Å². The van der Waals surface area contributed by atoms with Crippen LogP contribution < -0.4 is 0 Å². The van der Waals surface area contributed by atoms with Crippen molar-refractivity contribution >= 4 is 65.6 Å². The Labute approximate surface area is 327 Å². The van der Waals surface area contributed by atoms with Crippen LogP contribution >= 0.6 is 0 Å². The normalized spacial score (nSPS) is 11.9. The van der Waals surface area contributed by atoms with Gasteiger partial charge in [0.15, 0.2) is 5.82 Å². The van der Waals surface area contributed by atoms with E-state index >= 15 is 0 Å². The molecule has 0 bridgehead atoms. The van der Waals surface area contributed by atoms with E-state index in [4.69, 9.17) is 14.4 Å². The van der Waals surface area contributed by atoms with Crippen LogP contribution in [0.4, 0.5) is 0 Å². The Kier molecular flexibility index (Phi) is 6.86. The Morgan fingerprint density at radius 1 is 0.351 bits per heavy atom. The molecule has 0 N–H and O–H groups in total. The Morgan fingerprint density at radius 3 is 1.67 bits per heavy atom. The van der Waals surface area contributed by atoms with E-state index in [0.29, 0.717) is 5.82 Å². The third kappa shape index (κ3) is 4.89. The first-order valence-electron chi connectivity index (χ1n) is 19.2. The first kappa shape index (κ1) is 31.6. The predicted molar refractivity (Wildman–Crippen MR) is 234 cm³/mol. The van der Waals surface area contributed by atoms with Crippen molar-refractivity contribution in [3.63, 3.8) is 0 Å². The van der Waals surface area contributed by atoms with Gasteiger partial charge in [0, 0.05) is 55.0 Å². The molecule has 0 aliphatic carbocycles. The summed E-state index contributed by atoms with van der Waals surface area (Å²) in [6.07, 6.45) is 0. The minimum absolute atomic E-state index is 0.671. The van der Waals surface area contributed by atoms with Gasteiger partial charge < -0.3 is 13.6 Å². The lowest BCUT2D eigenvalue weighted by atomic mass is 10.1. The third-order valence-electron chi connectivity index (χ3n) is 11.3. The fraction of sp³-hybridized carbons (Fsp3) is 0. The summed E-state index contributed by atoms with van der Waals surface area (Å²) < 4.78 is 11.3. The molecule has 266 valence electrons. The molecule has 0 spiro atoms. The van der Waals surface area contributed by atoms with Crippen LogP contribution in [0.15, 0.2) is 199 Å². The standard InChI is InChI=1S/C52H32N4O/c1-4-15-33(16-5-1)43-32-44(34-17-6-2-7-18-34)54-52(53-43)35-19-14-22-37(29-35)56-47-30-41-38-23-10-12-25-45(38)55(36-20-8-3-9-21-36)46(41)31-42(47)39-27-28-49-50(51(39)56)40-24-11-13-26-48(40)57-49/h1-32H. The lowest BCUT2D eigenvalue weighted by Crippen LogP contribution is -1.98. The summed E-state index contributed by atoms with van der Waals surface area (Å²) in [5, 5.41) is 6.93. The van der Waals surface area contributed by atoms with Crippen LogP contribution in [-0.4, -0.2) is 19.1 Å². The topological polar surface area (TPSA) is 48.8 Å². The molecule has 12 aromatic rings. The van der Waals surface area contributed by atoms with Crippen molar-refractivity contribution in [2.75, 3.05) is 0 Å². The lowest BCUT2D eigenvalue weighted by molar-refractivity contribution is 0.669. The maximum Gasteiger partial charge on any atom is 0.160 e. The molecule has 0 radical (unpaired) electrons. The van der Waals surface area contributed by atoms with E-state index in [2.05, 4.69) is 185 Å². The third-order valence-corrected chi connectivity index (χ3v) is 11.3. The monoisotopic (exact) mass is 728 g/mol. The van der Waals surface area contributed by atoms with E-state index in [1.54, 1.807) is 0 Å². The molecule has 8 aromatic carbocycles. The average Bonchev–Trinajstić information content (AvgIpc) is 3.93. The fourth-order valence-electron chi connectivity index (χ4n) is 8.77. The molecule has 0 fully saturated rings. The fourth-order valence-corrected chi connectivity index (χ4v) is 8.77. The second-order valence-electron chi connectivity index (χ2n) is 14.6. The summed E-state index contributed by atoms with van der Waals surface area (Å²) >= 11 is 0. The SMILES string of the molecule is c1ccc(-c2cc(-c3ccccc3)nc(-c3cccc(-n4c5cc6c7ccccc7n(-c7ccccc7)c6cc5c5ccc6oc7ccccc7c6c54)c3)n2)cc1. The summed E-state index contributed by atoms with van der Waals surface area (Å²) in [6.45, 7) is 0. The van der Waals surface area contributed by atoms with Crippen LogP contribution in [0, 0.1) is 0 Å². The Balaban J connectivity index is 1.17. The number of furan rings is 1. The minimum atomic E-state index is 0.671. The van der Waals surface area contributed by atoms with Crippen LogP contribution in [0.2, 0.25) is 0 Å². The number of nitrogens with zero attached hydrogens (tertiary/aromatic N) is 4. The summed E-state index contributed by atoms with van der Waals surface area (Å²) in [6, 6.07) is 68.3. The molecule has 4 heterocycles. The average molecular weight is 729 g/mol. The van der Waals surface area contributed by atoms with E-state index in [9.17, 15) is 0 Å². The molecule has 0 unspecified atom stereocenters. The van der Waals surface area contributed by atoms with Crippen molar-refractivity contribution in [1.82, 2.24) is 19.1 Å². The van der Waals surface area contributed by atoms with Gasteiger partial charge in [-0.3, -0.25) is 0 Å². The molecule has 0 amide bonds. The number of rotatable bonds is 5. The maximum atomic E-state index is 6.51. The van der Waals surface area contributed by atoms with Gasteiger partial charge in [0.2, 0.25) is 0 Å². The lowest BCUT2D eigenvalue weighted by Gasteiger charge is -2.13. The Hall–Kier alpha value is -7.76. The highest BCUT2D eigenvalue weighted by Gasteiger charge is 2.22. The van der Waals surface area contributed by atoms with E-state index in [-0.39, 0.29) is 0 Å². The van der Waals surface area contributed by atoms with Crippen LogP contribution in [-0.2, 0) is 0 Å². The highest BCUT2D eigenvalue weighted by atomic mass is 16.3. The second-order valence-corrected chi connectivity index (χ2v) is 14.6. The zero-order valence-corrected chi connectivity index (χ0v) is 30.7. The molecule has 57 heavy (non-hydrogen) atoms. The van der Waals surface area contributed by atoms with Crippen molar-refractivity contribution < 1.29 is 4.42 Å². The van der Waals surface area contributed by atoms with Gasteiger partial charge in [0.25, 0.3) is 0 Å². The van der Waals surface area contributed by atoms with Crippen molar-refractivity contribution in [3.8, 4) is 45.3 Å². The number of hydrogen-bond acceptors (Lipinski definition) is 3. The number of benzene rings is 8. The smallest absolute Gasteiger partial charge is 0.160 e. The molecule has 12 rings (SSSR count). The molecule has 4 aromatic heterocycles. The van der Waals surface area contributed by atoms with E-state index in [1.807, 2.05) is 18.2 Å². The Bertz CT molecular complexity index is 3450. The van der Waals surface area contributed by atoms with Crippen molar-refractivity contribution in [1.29, 1.82) is 0 Å². The molecule has 0 saturated heterocycles. The molecule has 0 aliphatic heterocycles. The van der Waals surface area contributed by atoms with Crippen molar-refractivity contribution in [2.24, 2.45) is 0 Å². The highest BCUT2D eigenvalue weighted by Crippen LogP contribution is 2.44. The molecule has 5 nitrogen and oxygen atoms in total. The second kappa shape index (κ2) is 12.4. The van der Waals surface area contributed by atoms with Gasteiger partial charge in [-0.2, -0.15) is 0 Å². The van der Waals surface area contributed by atoms with Gasteiger partial charge in [-0.05, 0) is 66.7 Å². The van der Waals surface area contributed by atoms with E-state index in [1.165, 1.54) is 27.2 Å². The summed E-state index contributed by atoms with van der Waals surface area (Å²) in [5.74, 6) is 0.671. The highest BCUT2D eigenvalue weighted by molar-refractivity contribution is 6.26. The van der Waals surface area contributed by atoms with Gasteiger partial charge in [0.05, 0.1) is 38.8 Å². The molecule has 0 saturated carbocycles. The van der Waals surface area contributed by atoms with Crippen LogP contribution in [0.5, 0.6) is 0 Å². The van der Waals surface area contributed by atoms with Crippen LogP contribution in [0.1, 0.15) is 0 Å². The number of fused-ring (bicyclic) bond motifs is 10. The molecule has 5 heteroatoms. The van der Waals surface area contributed by atoms with Gasteiger partial charge >= 0.3 is 0 Å². The summed E-state index contributed by atoms with van der Waals surface area (Å²) in [7, 11) is 0. The van der Waals surface area contributed by atoms with Gasteiger partial charge in [0.1, 0.15) is 11.2 Å². The summed E-state index contributed by atoms with van der Waals surface area (Å²) in [4.78, 5) is 10.4. The largest absolute Gasteiger partial charge is 0.456 e. The number of hydrogen-bond donors (Lipinski definition) is 0. The van der Waals surface area contributed by atoms with E-state index < -0.39 is 0 Å². The first-order valence-corrected chi connectivity index (χ1v) is 19.2. The maximum absolute atomic E-state index is 6.51. The van der Waals surface area contributed by atoms with E-state index in [0.717, 1.165) is 77.8 Å². The zero-order chi connectivity index (χ0) is 37.5. The zero-order valence-electron chi connectivity index (χ0n) is 30.7. The Morgan fingerprint density at radius 2 is 0.930 bits per heavy atom. The molecular formula is C52H32N4O. The molecule has 0 atom stereocenters. The van der Waals surface area contributed by atoms with Crippen molar-refractivity contribution in [2.45, 2.75) is 0 Å². The summed E-state index contributed by atoms with van der Waals surface area (Å²) in [5.41, 5.74) is 13.2. The number of aromatic nitrogens is 4. The van der Waals surface area contributed by atoms with Crippen molar-refractivity contribution in [3.05, 3.63) is 194 Å². The van der Waals surface area contributed by atoms with Crippen LogP contribution in [0.25, 0.3) is 111 Å². The van der Waals surface area contributed by atoms with Gasteiger partial charge in [-0.25, -0.2) is 9.97 Å². The minimum Gasteiger partial charge on any atom is -0.456 e. The quantitative estimate of drug-likeness (QED) is 0.177. The molecular weight excluding hydrogens is 697 g/mol. The first-order chi connectivity index (χ1) is 28.3. The van der Waals surface area contributed by atoms with Crippen LogP contribution in [0.3, 0.4) is 0 Å². The number of para-hydroxylation sites is 3. The molecule has 0 aliphatic rings. The van der Waals surface area contributed by atoms with Gasteiger partial charge in [-0.1, -0.05) is 127 Å².